The Morgan fingerprint density at radius 2 is 1.96 bits per heavy atom. The van der Waals surface area contributed by atoms with Crippen molar-refractivity contribution in [2.75, 3.05) is 31.1 Å². The number of hydrogen-bond acceptors (Lipinski definition) is 2. The second-order valence-electron chi connectivity index (χ2n) is 7.49. The third-order valence-electron chi connectivity index (χ3n) is 6.13. The number of carbonyl (C=O) groups excluding carboxylic acids is 1. The van der Waals surface area contributed by atoms with Crippen LogP contribution in [0.15, 0.2) is 24.3 Å². The van der Waals surface area contributed by atoms with Crippen LogP contribution in [0, 0.1) is 17.8 Å². The van der Waals surface area contributed by atoms with Gasteiger partial charge in [0.1, 0.15) is 0 Å². The Morgan fingerprint density at radius 1 is 1.13 bits per heavy atom. The van der Waals surface area contributed by atoms with E-state index in [4.69, 9.17) is 11.6 Å². The van der Waals surface area contributed by atoms with Crippen molar-refractivity contribution in [2.24, 2.45) is 17.8 Å². The molecule has 4 heteroatoms. The molecule has 1 aromatic rings. The van der Waals surface area contributed by atoms with Crippen LogP contribution in [0.4, 0.5) is 5.69 Å². The van der Waals surface area contributed by atoms with Crippen molar-refractivity contribution in [1.82, 2.24) is 4.90 Å². The maximum absolute atomic E-state index is 12.6. The zero-order chi connectivity index (χ0) is 15.8. The summed E-state index contributed by atoms with van der Waals surface area (Å²) in [5.74, 6) is 2.83. The van der Waals surface area contributed by atoms with Gasteiger partial charge >= 0.3 is 0 Å². The van der Waals surface area contributed by atoms with Crippen LogP contribution in [-0.4, -0.2) is 37.0 Å². The number of benzene rings is 1. The first-order valence-electron chi connectivity index (χ1n) is 8.97. The van der Waals surface area contributed by atoms with E-state index in [0.717, 1.165) is 55.1 Å². The highest BCUT2D eigenvalue weighted by molar-refractivity contribution is 6.30. The van der Waals surface area contributed by atoms with E-state index in [0.29, 0.717) is 11.8 Å². The van der Waals surface area contributed by atoms with E-state index >= 15 is 0 Å². The quantitative estimate of drug-likeness (QED) is 0.840. The van der Waals surface area contributed by atoms with E-state index in [9.17, 15) is 4.79 Å². The summed E-state index contributed by atoms with van der Waals surface area (Å²) in [5, 5.41) is 0.775. The Balaban J connectivity index is 1.30. The topological polar surface area (TPSA) is 23.6 Å². The molecule has 2 aliphatic carbocycles. The van der Waals surface area contributed by atoms with Crippen molar-refractivity contribution in [1.29, 1.82) is 0 Å². The molecule has 1 aliphatic heterocycles. The third-order valence-corrected chi connectivity index (χ3v) is 6.36. The van der Waals surface area contributed by atoms with Gasteiger partial charge in [0.2, 0.25) is 5.91 Å². The minimum atomic E-state index is 0.383. The second kappa shape index (κ2) is 6.35. The molecule has 0 unspecified atom stereocenters. The largest absolute Gasteiger partial charge is 0.368 e. The Labute approximate surface area is 143 Å². The lowest BCUT2D eigenvalue weighted by Crippen LogP contribution is -2.49. The predicted octanol–water partition coefficient (Wildman–Crippen LogP) is 3.81. The lowest BCUT2D eigenvalue weighted by Gasteiger charge is -2.37. The molecular formula is C19H25ClN2O. The van der Waals surface area contributed by atoms with Gasteiger partial charge in [0.15, 0.2) is 0 Å². The van der Waals surface area contributed by atoms with Gasteiger partial charge in [-0.2, -0.15) is 0 Å². The van der Waals surface area contributed by atoms with Crippen LogP contribution in [0.5, 0.6) is 0 Å². The van der Waals surface area contributed by atoms with Gasteiger partial charge in [0, 0.05) is 43.3 Å². The van der Waals surface area contributed by atoms with Crippen molar-refractivity contribution in [2.45, 2.75) is 32.1 Å². The second-order valence-corrected chi connectivity index (χ2v) is 7.92. The fraction of sp³-hybridized carbons (Fsp3) is 0.632. The number of amides is 1. The van der Waals surface area contributed by atoms with Gasteiger partial charge in [-0.25, -0.2) is 0 Å². The number of rotatable bonds is 3. The number of halogens is 1. The fourth-order valence-corrected chi connectivity index (χ4v) is 5.05. The predicted molar refractivity (Wildman–Crippen MR) is 93.8 cm³/mol. The highest BCUT2D eigenvalue weighted by atomic mass is 35.5. The van der Waals surface area contributed by atoms with Crippen LogP contribution in [0.25, 0.3) is 0 Å². The van der Waals surface area contributed by atoms with Crippen LogP contribution in [0.3, 0.4) is 0 Å². The molecule has 1 heterocycles. The summed E-state index contributed by atoms with van der Waals surface area (Å²) in [6, 6.07) is 8.00. The van der Waals surface area contributed by atoms with E-state index < -0.39 is 0 Å². The fourth-order valence-electron chi connectivity index (χ4n) is 4.87. The summed E-state index contributed by atoms with van der Waals surface area (Å²) in [5.41, 5.74) is 1.16. The van der Waals surface area contributed by atoms with Gasteiger partial charge < -0.3 is 9.80 Å². The summed E-state index contributed by atoms with van der Waals surface area (Å²) in [4.78, 5) is 17.0. The van der Waals surface area contributed by atoms with E-state index in [1.54, 1.807) is 0 Å². The summed E-state index contributed by atoms with van der Waals surface area (Å²) in [6.07, 6.45) is 6.26. The van der Waals surface area contributed by atoms with Crippen molar-refractivity contribution in [3.63, 3.8) is 0 Å². The highest BCUT2D eigenvalue weighted by Gasteiger charge is 2.40. The molecule has 1 aromatic carbocycles. The van der Waals surface area contributed by atoms with Crippen molar-refractivity contribution >= 4 is 23.2 Å². The standard InChI is InChI=1S/C19H25ClN2O/c20-17-2-1-3-18(13-17)21-6-8-22(9-7-21)19(23)12-16-11-14-4-5-15(16)10-14/h1-3,13-16H,4-12H2/t14-,15+,16+/m0/s1. The van der Waals surface area contributed by atoms with Gasteiger partial charge in [-0.3, -0.25) is 4.79 Å². The summed E-state index contributed by atoms with van der Waals surface area (Å²) < 4.78 is 0. The minimum absolute atomic E-state index is 0.383. The van der Waals surface area contributed by atoms with Gasteiger partial charge in [-0.1, -0.05) is 24.1 Å². The molecule has 1 amide bonds. The lowest BCUT2D eigenvalue weighted by molar-refractivity contribution is -0.132. The molecule has 2 bridgehead atoms. The molecule has 3 aliphatic rings. The van der Waals surface area contributed by atoms with Crippen molar-refractivity contribution < 1.29 is 4.79 Å². The SMILES string of the molecule is O=C(C[C@H]1C[C@H]2CC[C@@H]1C2)N1CCN(c2cccc(Cl)c2)CC1. The smallest absolute Gasteiger partial charge is 0.222 e. The molecule has 0 radical (unpaired) electrons. The Kier molecular flexibility index (Phi) is 4.23. The van der Waals surface area contributed by atoms with E-state index in [-0.39, 0.29) is 0 Å². The Bertz CT molecular complexity index is 582. The first kappa shape index (κ1) is 15.3. The number of anilines is 1. The summed E-state index contributed by atoms with van der Waals surface area (Å²) in [7, 11) is 0. The maximum atomic E-state index is 12.6. The van der Waals surface area contributed by atoms with Crippen LogP contribution < -0.4 is 4.90 Å². The Morgan fingerprint density at radius 3 is 2.61 bits per heavy atom. The maximum Gasteiger partial charge on any atom is 0.222 e. The number of nitrogens with zero attached hydrogens (tertiary/aromatic N) is 2. The van der Waals surface area contributed by atoms with Gasteiger partial charge in [0.05, 0.1) is 0 Å². The molecule has 4 rings (SSSR count). The molecule has 1 saturated heterocycles. The van der Waals surface area contributed by atoms with Crippen LogP contribution >= 0.6 is 11.6 Å². The Hall–Kier alpha value is -1.22. The molecule has 0 N–H and O–H groups in total. The summed E-state index contributed by atoms with van der Waals surface area (Å²) >= 11 is 6.08. The molecular weight excluding hydrogens is 308 g/mol. The molecule has 124 valence electrons. The first-order chi connectivity index (χ1) is 11.2. The van der Waals surface area contributed by atoms with Crippen LogP contribution in [0.2, 0.25) is 5.02 Å². The van der Waals surface area contributed by atoms with Gasteiger partial charge in [0.25, 0.3) is 0 Å². The van der Waals surface area contributed by atoms with Crippen LogP contribution in [-0.2, 0) is 4.79 Å². The van der Waals surface area contributed by atoms with Crippen LogP contribution in [0.1, 0.15) is 32.1 Å². The van der Waals surface area contributed by atoms with Gasteiger partial charge in [-0.15, -0.1) is 0 Å². The van der Waals surface area contributed by atoms with Crippen molar-refractivity contribution in [3.05, 3.63) is 29.3 Å². The number of carbonyl (C=O) groups is 1. The van der Waals surface area contributed by atoms with E-state index in [1.165, 1.54) is 25.7 Å². The number of fused-ring (bicyclic) bond motifs is 2. The monoisotopic (exact) mass is 332 g/mol. The molecule has 2 saturated carbocycles. The third kappa shape index (κ3) is 3.21. The van der Waals surface area contributed by atoms with E-state index in [1.807, 2.05) is 18.2 Å². The molecule has 3 atom stereocenters. The normalized spacial score (nSPS) is 30.0. The molecule has 3 fully saturated rings. The molecule has 0 spiro atoms. The minimum Gasteiger partial charge on any atom is -0.368 e. The number of hydrogen-bond donors (Lipinski definition) is 0. The van der Waals surface area contributed by atoms with E-state index in [2.05, 4.69) is 15.9 Å². The summed E-state index contributed by atoms with van der Waals surface area (Å²) in [6.45, 7) is 3.49. The molecule has 23 heavy (non-hydrogen) atoms. The van der Waals surface area contributed by atoms with Crippen molar-refractivity contribution in [3.8, 4) is 0 Å². The average Bonchev–Trinajstić information content (AvgIpc) is 3.18. The average molecular weight is 333 g/mol. The lowest BCUT2D eigenvalue weighted by atomic mass is 9.86. The molecule has 3 nitrogen and oxygen atoms in total. The first-order valence-corrected chi connectivity index (χ1v) is 9.35. The van der Waals surface area contributed by atoms with Gasteiger partial charge in [-0.05, 0) is 55.2 Å². The zero-order valence-corrected chi connectivity index (χ0v) is 14.3. The highest BCUT2D eigenvalue weighted by Crippen LogP contribution is 2.49. The molecule has 0 aromatic heterocycles. The zero-order valence-electron chi connectivity index (χ0n) is 13.6. The number of piperazine rings is 1.